The number of anilines is 2. The van der Waals surface area contributed by atoms with Crippen LogP contribution in [0.1, 0.15) is 41.0 Å². The van der Waals surface area contributed by atoms with Gasteiger partial charge in [-0.05, 0) is 55.3 Å². The van der Waals surface area contributed by atoms with Crippen molar-refractivity contribution in [2.75, 3.05) is 11.4 Å². The molecule has 0 aliphatic heterocycles. The minimum absolute atomic E-state index is 0.0137. The van der Waals surface area contributed by atoms with Crippen molar-refractivity contribution in [3.05, 3.63) is 70.2 Å². The van der Waals surface area contributed by atoms with E-state index in [0.29, 0.717) is 16.5 Å². The van der Waals surface area contributed by atoms with Gasteiger partial charge < -0.3 is 4.74 Å². The first kappa shape index (κ1) is 24.6. The van der Waals surface area contributed by atoms with E-state index in [1.807, 2.05) is 32.0 Å². The van der Waals surface area contributed by atoms with Gasteiger partial charge >= 0.3 is 5.97 Å². The van der Waals surface area contributed by atoms with Crippen LogP contribution in [0.5, 0.6) is 0 Å². The minimum atomic E-state index is -3.69. The van der Waals surface area contributed by atoms with E-state index >= 15 is 0 Å². The summed E-state index contributed by atoms with van der Waals surface area (Å²) in [5, 5.41) is 2.18. The summed E-state index contributed by atoms with van der Waals surface area (Å²) in [5.41, 5.74) is 3.49. The molecule has 33 heavy (non-hydrogen) atoms. The molecular formula is C23H25N3O5S2. The number of hydrogen-bond donors (Lipinski definition) is 1. The molecule has 0 radical (unpaired) electrons. The summed E-state index contributed by atoms with van der Waals surface area (Å²) in [6, 6.07) is 11.4. The van der Waals surface area contributed by atoms with Crippen molar-refractivity contribution in [3.63, 3.8) is 0 Å². The van der Waals surface area contributed by atoms with E-state index in [9.17, 15) is 18.0 Å². The van der Waals surface area contributed by atoms with Gasteiger partial charge in [-0.25, -0.2) is 22.9 Å². The first-order valence-electron chi connectivity index (χ1n) is 10.2. The highest BCUT2D eigenvalue weighted by atomic mass is 32.2. The van der Waals surface area contributed by atoms with E-state index in [4.69, 9.17) is 4.74 Å². The first-order valence-corrected chi connectivity index (χ1v) is 12.6. The van der Waals surface area contributed by atoms with E-state index in [0.717, 1.165) is 11.1 Å². The van der Waals surface area contributed by atoms with Crippen LogP contribution >= 0.6 is 11.3 Å². The second-order valence-corrected chi connectivity index (χ2v) is 9.95. The van der Waals surface area contributed by atoms with Crippen molar-refractivity contribution in [1.29, 1.82) is 0 Å². The lowest BCUT2D eigenvalue weighted by Crippen LogP contribution is -2.23. The van der Waals surface area contributed by atoms with Gasteiger partial charge in [0, 0.05) is 18.8 Å². The molecule has 0 saturated carbocycles. The van der Waals surface area contributed by atoms with Crippen LogP contribution in [-0.2, 0) is 26.2 Å². The predicted molar refractivity (Wildman–Crippen MR) is 127 cm³/mol. The maximum atomic E-state index is 12.5. The number of aromatic nitrogens is 1. The maximum Gasteiger partial charge on any atom is 0.338 e. The molecule has 1 aromatic heterocycles. The summed E-state index contributed by atoms with van der Waals surface area (Å²) in [6.45, 7) is 7.23. The minimum Gasteiger partial charge on any atom is -0.456 e. The lowest BCUT2D eigenvalue weighted by atomic mass is 10.1. The molecule has 8 nitrogen and oxygen atoms in total. The van der Waals surface area contributed by atoms with Crippen molar-refractivity contribution in [3.8, 4) is 0 Å². The number of ether oxygens (including phenoxy) is 1. The molecule has 0 spiro atoms. The molecule has 0 aliphatic carbocycles. The Bertz CT molecular complexity index is 1280. The average molecular weight is 488 g/mol. The molecule has 174 valence electrons. The summed E-state index contributed by atoms with van der Waals surface area (Å²) < 4.78 is 32.0. The van der Waals surface area contributed by atoms with Crippen LogP contribution in [-0.4, -0.2) is 31.8 Å². The molecule has 10 heteroatoms. The molecule has 2 aromatic carbocycles. The Morgan fingerprint density at radius 2 is 1.88 bits per heavy atom. The Balaban J connectivity index is 1.74. The fourth-order valence-electron chi connectivity index (χ4n) is 3.04. The number of nitrogens with one attached hydrogen (secondary N) is 1. The molecule has 0 atom stereocenters. The summed E-state index contributed by atoms with van der Waals surface area (Å²) in [4.78, 5) is 30.7. The molecule has 1 heterocycles. The van der Waals surface area contributed by atoms with Crippen molar-refractivity contribution >= 4 is 44.1 Å². The lowest BCUT2D eigenvalue weighted by Gasteiger charge is -2.19. The van der Waals surface area contributed by atoms with Crippen molar-refractivity contribution in [2.24, 2.45) is 0 Å². The average Bonchev–Trinajstić information content (AvgIpc) is 3.23. The van der Waals surface area contributed by atoms with E-state index in [1.54, 1.807) is 12.3 Å². The van der Waals surface area contributed by atoms with E-state index in [1.165, 1.54) is 47.4 Å². The van der Waals surface area contributed by atoms with Crippen LogP contribution < -0.4 is 9.62 Å². The van der Waals surface area contributed by atoms with Crippen LogP contribution in [0.25, 0.3) is 0 Å². The fourth-order valence-corrected chi connectivity index (χ4v) is 5.00. The number of benzene rings is 2. The lowest BCUT2D eigenvalue weighted by molar-refractivity contribution is -0.115. The number of aryl methyl sites for hydroxylation is 2. The topological polar surface area (TPSA) is 106 Å². The van der Waals surface area contributed by atoms with Gasteiger partial charge in [0.15, 0.2) is 5.13 Å². The molecule has 0 saturated heterocycles. The van der Waals surface area contributed by atoms with Crippen LogP contribution in [0.2, 0.25) is 0 Å². The zero-order valence-electron chi connectivity index (χ0n) is 18.8. The number of amides is 1. The molecular weight excluding hydrogens is 462 g/mol. The van der Waals surface area contributed by atoms with Crippen LogP contribution in [0, 0.1) is 13.8 Å². The molecule has 0 bridgehead atoms. The Morgan fingerprint density at radius 3 is 2.55 bits per heavy atom. The smallest absolute Gasteiger partial charge is 0.338 e. The van der Waals surface area contributed by atoms with Gasteiger partial charge in [-0.2, -0.15) is 0 Å². The van der Waals surface area contributed by atoms with Gasteiger partial charge in [-0.15, -0.1) is 11.3 Å². The SMILES string of the molecule is CCNS(=O)(=O)c1cccc(C(=O)OCc2csc(N(C(C)=O)c3ccc(C)c(C)c3)n2)c1. The molecule has 1 N–H and O–H groups in total. The number of sulfonamides is 1. The van der Waals surface area contributed by atoms with Crippen molar-refractivity contribution in [1.82, 2.24) is 9.71 Å². The summed E-state index contributed by atoms with van der Waals surface area (Å²) in [6.07, 6.45) is 0. The molecule has 3 rings (SSSR count). The Hall–Kier alpha value is -3.08. The summed E-state index contributed by atoms with van der Waals surface area (Å²) in [7, 11) is -3.69. The zero-order valence-corrected chi connectivity index (χ0v) is 20.4. The third-order valence-corrected chi connectivity index (χ3v) is 7.28. The molecule has 3 aromatic rings. The number of rotatable bonds is 8. The van der Waals surface area contributed by atoms with Crippen LogP contribution in [0.3, 0.4) is 0 Å². The second kappa shape index (κ2) is 10.2. The first-order chi connectivity index (χ1) is 15.6. The maximum absolute atomic E-state index is 12.5. The fraction of sp³-hybridized carbons (Fsp3) is 0.261. The largest absolute Gasteiger partial charge is 0.456 e. The van der Waals surface area contributed by atoms with E-state index in [2.05, 4.69) is 9.71 Å². The monoisotopic (exact) mass is 487 g/mol. The standard InChI is InChI=1S/C23H25N3O5S2/c1-5-24-33(29,30)21-8-6-7-18(12-21)22(28)31-13-19-14-32-23(25-19)26(17(4)27)20-10-9-15(2)16(3)11-20/h6-12,14,24H,5,13H2,1-4H3. The predicted octanol–water partition coefficient (Wildman–Crippen LogP) is 4.10. The number of thiazole rings is 1. The number of carbonyl (C=O) groups is 2. The highest BCUT2D eigenvalue weighted by molar-refractivity contribution is 7.89. The number of esters is 1. The van der Waals surface area contributed by atoms with Gasteiger partial charge in [-0.3, -0.25) is 9.69 Å². The number of hydrogen-bond acceptors (Lipinski definition) is 7. The Kier molecular flexibility index (Phi) is 7.62. The van der Waals surface area contributed by atoms with E-state index in [-0.39, 0.29) is 29.5 Å². The molecule has 0 unspecified atom stereocenters. The van der Waals surface area contributed by atoms with E-state index < -0.39 is 16.0 Å². The van der Waals surface area contributed by atoms with Gasteiger partial charge in [0.1, 0.15) is 6.61 Å². The third kappa shape index (κ3) is 5.84. The highest BCUT2D eigenvalue weighted by Gasteiger charge is 2.20. The van der Waals surface area contributed by atoms with Gasteiger partial charge in [0.25, 0.3) is 0 Å². The summed E-state index contributed by atoms with van der Waals surface area (Å²) in [5.74, 6) is -0.856. The van der Waals surface area contributed by atoms with Crippen molar-refractivity contribution < 1.29 is 22.7 Å². The Labute approximate surface area is 197 Å². The van der Waals surface area contributed by atoms with Gasteiger partial charge in [0.2, 0.25) is 15.9 Å². The van der Waals surface area contributed by atoms with Crippen LogP contribution in [0.15, 0.2) is 52.7 Å². The molecule has 0 aliphatic rings. The normalized spacial score (nSPS) is 11.3. The van der Waals surface area contributed by atoms with Crippen LogP contribution in [0.4, 0.5) is 10.8 Å². The highest BCUT2D eigenvalue weighted by Crippen LogP contribution is 2.30. The van der Waals surface area contributed by atoms with Gasteiger partial charge in [-0.1, -0.05) is 19.1 Å². The number of nitrogens with zero attached hydrogens (tertiary/aromatic N) is 2. The number of carbonyl (C=O) groups excluding carboxylic acids is 2. The second-order valence-electron chi connectivity index (χ2n) is 7.35. The zero-order chi connectivity index (χ0) is 24.2. The summed E-state index contributed by atoms with van der Waals surface area (Å²) >= 11 is 1.26. The Morgan fingerprint density at radius 1 is 1.12 bits per heavy atom. The van der Waals surface area contributed by atoms with Crippen molar-refractivity contribution in [2.45, 2.75) is 39.2 Å². The molecule has 1 amide bonds. The quantitative estimate of drug-likeness (QED) is 0.480. The molecule has 0 fully saturated rings. The van der Waals surface area contributed by atoms with Gasteiger partial charge in [0.05, 0.1) is 21.8 Å². The third-order valence-electron chi connectivity index (χ3n) is 4.86.